The molecule has 0 bridgehead atoms. The van der Waals surface area contributed by atoms with Gasteiger partial charge in [0.2, 0.25) is 0 Å². The van der Waals surface area contributed by atoms with Crippen LogP contribution in [0.1, 0.15) is 33.5 Å². The molecule has 17 heavy (non-hydrogen) atoms. The number of rotatable bonds is 8. The summed E-state index contributed by atoms with van der Waals surface area (Å²) in [5.74, 6) is 1.49. The molecule has 1 unspecified atom stereocenters. The SMILES string of the molecule is CCOC(C)Cn1nnnc1CNCC(C)C. The van der Waals surface area contributed by atoms with Crippen molar-refractivity contribution in [2.24, 2.45) is 5.92 Å². The highest BCUT2D eigenvalue weighted by atomic mass is 16.5. The third-order valence-electron chi connectivity index (χ3n) is 2.32. The van der Waals surface area contributed by atoms with Crippen LogP contribution in [0.4, 0.5) is 0 Å². The maximum absolute atomic E-state index is 5.48. The highest BCUT2D eigenvalue weighted by Crippen LogP contribution is 1.99. The Labute approximate surface area is 103 Å². The second-order valence-electron chi connectivity index (χ2n) is 4.57. The third-order valence-corrected chi connectivity index (χ3v) is 2.32. The first-order valence-corrected chi connectivity index (χ1v) is 6.20. The second kappa shape index (κ2) is 7.34. The van der Waals surface area contributed by atoms with Crippen molar-refractivity contribution in [3.8, 4) is 0 Å². The molecule has 0 aliphatic heterocycles. The smallest absolute Gasteiger partial charge is 0.165 e. The van der Waals surface area contributed by atoms with Crippen LogP contribution in [0.3, 0.4) is 0 Å². The van der Waals surface area contributed by atoms with Gasteiger partial charge in [0.05, 0.1) is 19.2 Å². The first-order chi connectivity index (χ1) is 8.13. The Morgan fingerprint density at radius 2 is 2.12 bits per heavy atom. The summed E-state index contributed by atoms with van der Waals surface area (Å²) < 4.78 is 7.28. The zero-order chi connectivity index (χ0) is 12.7. The van der Waals surface area contributed by atoms with Gasteiger partial charge in [0.1, 0.15) is 0 Å². The Morgan fingerprint density at radius 1 is 1.35 bits per heavy atom. The summed E-state index contributed by atoms with van der Waals surface area (Å²) in [6, 6.07) is 0. The molecule has 0 aromatic carbocycles. The van der Waals surface area contributed by atoms with Gasteiger partial charge in [0.25, 0.3) is 0 Å². The van der Waals surface area contributed by atoms with E-state index in [9.17, 15) is 0 Å². The van der Waals surface area contributed by atoms with Crippen molar-refractivity contribution < 1.29 is 4.74 Å². The highest BCUT2D eigenvalue weighted by molar-refractivity contribution is 4.80. The number of hydrogen-bond acceptors (Lipinski definition) is 5. The van der Waals surface area contributed by atoms with Crippen LogP contribution >= 0.6 is 0 Å². The van der Waals surface area contributed by atoms with Crippen molar-refractivity contribution in [2.45, 2.75) is 46.9 Å². The van der Waals surface area contributed by atoms with E-state index in [1.165, 1.54) is 0 Å². The van der Waals surface area contributed by atoms with E-state index in [0.29, 0.717) is 25.6 Å². The molecule has 0 saturated heterocycles. The minimum absolute atomic E-state index is 0.132. The lowest BCUT2D eigenvalue weighted by atomic mass is 10.2. The Hall–Kier alpha value is -1.01. The molecular formula is C11H23N5O. The lowest BCUT2D eigenvalue weighted by Gasteiger charge is -2.12. The molecule has 1 rings (SSSR count). The summed E-state index contributed by atoms with van der Waals surface area (Å²) in [6.07, 6.45) is 0.132. The summed E-state index contributed by atoms with van der Waals surface area (Å²) in [5.41, 5.74) is 0. The van der Waals surface area contributed by atoms with Gasteiger partial charge in [0, 0.05) is 6.61 Å². The fourth-order valence-electron chi connectivity index (χ4n) is 1.55. The summed E-state index contributed by atoms with van der Waals surface area (Å²) in [6.45, 7) is 11.4. The van der Waals surface area contributed by atoms with Crippen molar-refractivity contribution in [2.75, 3.05) is 13.2 Å². The molecule has 1 heterocycles. The number of nitrogens with one attached hydrogen (secondary N) is 1. The molecule has 0 fully saturated rings. The molecule has 1 aromatic rings. The van der Waals surface area contributed by atoms with Crippen LogP contribution in [-0.4, -0.2) is 39.5 Å². The summed E-state index contributed by atoms with van der Waals surface area (Å²) in [4.78, 5) is 0. The highest BCUT2D eigenvalue weighted by Gasteiger charge is 2.09. The van der Waals surface area contributed by atoms with E-state index < -0.39 is 0 Å². The molecule has 6 heteroatoms. The van der Waals surface area contributed by atoms with Gasteiger partial charge >= 0.3 is 0 Å². The number of nitrogens with zero attached hydrogens (tertiary/aromatic N) is 4. The van der Waals surface area contributed by atoms with Crippen LogP contribution < -0.4 is 5.32 Å². The molecule has 1 N–H and O–H groups in total. The number of ether oxygens (including phenoxy) is 1. The van der Waals surface area contributed by atoms with Gasteiger partial charge in [-0.3, -0.25) is 0 Å². The van der Waals surface area contributed by atoms with Gasteiger partial charge in [-0.2, -0.15) is 0 Å². The zero-order valence-corrected chi connectivity index (χ0v) is 11.2. The molecular weight excluding hydrogens is 218 g/mol. The van der Waals surface area contributed by atoms with E-state index in [2.05, 4.69) is 34.7 Å². The van der Waals surface area contributed by atoms with Crippen molar-refractivity contribution in [3.63, 3.8) is 0 Å². The molecule has 1 aromatic heterocycles. The largest absolute Gasteiger partial charge is 0.377 e. The molecule has 0 radical (unpaired) electrons. The molecule has 0 spiro atoms. The van der Waals surface area contributed by atoms with Crippen molar-refractivity contribution in [1.29, 1.82) is 0 Å². The first-order valence-electron chi connectivity index (χ1n) is 6.20. The van der Waals surface area contributed by atoms with Crippen LogP contribution in [0.15, 0.2) is 0 Å². The Bertz CT molecular complexity index is 313. The average Bonchev–Trinajstić information content (AvgIpc) is 2.65. The van der Waals surface area contributed by atoms with E-state index in [-0.39, 0.29) is 6.10 Å². The van der Waals surface area contributed by atoms with Crippen molar-refractivity contribution >= 4 is 0 Å². The maximum Gasteiger partial charge on any atom is 0.165 e. The van der Waals surface area contributed by atoms with Crippen LogP contribution in [0, 0.1) is 5.92 Å². The molecule has 0 aliphatic carbocycles. The van der Waals surface area contributed by atoms with Gasteiger partial charge in [-0.15, -0.1) is 5.10 Å². The number of tetrazole rings is 1. The summed E-state index contributed by atoms with van der Waals surface area (Å²) in [5, 5.41) is 15.0. The quantitative estimate of drug-likeness (QED) is 0.730. The molecule has 0 amide bonds. The Balaban J connectivity index is 2.42. The number of hydrogen-bond donors (Lipinski definition) is 1. The molecule has 98 valence electrons. The minimum Gasteiger partial charge on any atom is -0.377 e. The summed E-state index contributed by atoms with van der Waals surface area (Å²) in [7, 11) is 0. The predicted molar refractivity (Wildman–Crippen MR) is 65.4 cm³/mol. The molecule has 0 aliphatic rings. The van der Waals surface area contributed by atoms with Crippen LogP contribution in [0.5, 0.6) is 0 Å². The van der Waals surface area contributed by atoms with Crippen molar-refractivity contribution in [3.05, 3.63) is 5.82 Å². The minimum atomic E-state index is 0.132. The fourth-order valence-corrected chi connectivity index (χ4v) is 1.55. The third kappa shape index (κ3) is 5.23. The van der Waals surface area contributed by atoms with Crippen molar-refractivity contribution in [1.82, 2.24) is 25.5 Å². The van der Waals surface area contributed by atoms with Gasteiger partial charge in [0.15, 0.2) is 5.82 Å². The Kier molecular flexibility index (Phi) is 6.07. The van der Waals surface area contributed by atoms with E-state index in [0.717, 1.165) is 12.4 Å². The van der Waals surface area contributed by atoms with Gasteiger partial charge < -0.3 is 10.1 Å². The summed E-state index contributed by atoms with van der Waals surface area (Å²) >= 11 is 0. The predicted octanol–water partition coefficient (Wildman–Crippen LogP) is 0.844. The second-order valence-corrected chi connectivity index (χ2v) is 4.57. The van der Waals surface area contributed by atoms with Crippen LogP contribution in [0.25, 0.3) is 0 Å². The molecule has 6 nitrogen and oxygen atoms in total. The van der Waals surface area contributed by atoms with Gasteiger partial charge in [-0.05, 0) is 36.7 Å². The number of aromatic nitrogens is 4. The maximum atomic E-state index is 5.48. The zero-order valence-electron chi connectivity index (χ0n) is 11.2. The van der Waals surface area contributed by atoms with Crippen LogP contribution in [0.2, 0.25) is 0 Å². The normalized spacial score (nSPS) is 13.2. The van der Waals surface area contributed by atoms with E-state index >= 15 is 0 Å². The lowest BCUT2D eigenvalue weighted by Crippen LogP contribution is -2.24. The fraction of sp³-hybridized carbons (Fsp3) is 0.909. The lowest BCUT2D eigenvalue weighted by molar-refractivity contribution is 0.0603. The Morgan fingerprint density at radius 3 is 2.76 bits per heavy atom. The average molecular weight is 241 g/mol. The first kappa shape index (κ1) is 14.1. The standard InChI is InChI=1S/C11H23N5O/c1-5-17-10(4)8-16-11(13-14-15-16)7-12-6-9(2)3/h9-10,12H,5-8H2,1-4H3. The van der Waals surface area contributed by atoms with E-state index in [1.54, 1.807) is 4.68 Å². The topological polar surface area (TPSA) is 64.9 Å². The van der Waals surface area contributed by atoms with Gasteiger partial charge in [-0.1, -0.05) is 13.8 Å². The monoisotopic (exact) mass is 241 g/mol. The van der Waals surface area contributed by atoms with E-state index in [1.807, 2.05) is 13.8 Å². The van der Waals surface area contributed by atoms with Gasteiger partial charge in [-0.25, -0.2) is 4.68 Å². The molecule has 1 atom stereocenters. The molecule has 0 saturated carbocycles. The van der Waals surface area contributed by atoms with E-state index in [4.69, 9.17) is 4.74 Å². The van der Waals surface area contributed by atoms with Crippen LogP contribution in [-0.2, 0) is 17.8 Å².